The van der Waals surface area contributed by atoms with Gasteiger partial charge in [-0.15, -0.1) is 0 Å². The average Bonchev–Trinajstić information content (AvgIpc) is 2.30. The van der Waals surface area contributed by atoms with Crippen molar-refractivity contribution in [3.63, 3.8) is 0 Å². The minimum Gasteiger partial charge on any atom is -0.497 e. The first-order valence-electron chi connectivity index (χ1n) is 4.86. The molecule has 0 aliphatic rings. The van der Waals surface area contributed by atoms with Crippen molar-refractivity contribution in [2.24, 2.45) is 5.92 Å². The zero-order valence-electron chi connectivity index (χ0n) is 8.90. The van der Waals surface area contributed by atoms with Crippen molar-refractivity contribution >= 4 is 12.1 Å². The summed E-state index contributed by atoms with van der Waals surface area (Å²) in [7, 11) is 1.57. The zero-order chi connectivity index (χ0) is 11.3. The molecule has 1 aromatic rings. The van der Waals surface area contributed by atoms with E-state index in [0.29, 0.717) is 24.0 Å². The molecule has 1 rings (SSSR count). The molecule has 0 spiro atoms. The van der Waals surface area contributed by atoms with E-state index in [1.807, 2.05) is 6.92 Å². The van der Waals surface area contributed by atoms with Crippen LogP contribution in [0, 0.1) is 5.92 Å². The van der Waals surface area contributed by atoms with E-state index >= 15 is 0 Å². The summed E-state index contributed by atoms with van der Waals surface area (Å²) in [6.07, 6.45) is 1.24. The van der Waals surface area contributed by atoms with Gasteiger partial charge in [0.1, 0.15) is 12.0 Å². The predicted molar refractivity (Wildman–Crippen MR) is 57.2 cm³/mol. The van der Waals surface area contributed by atoms with E-state index in [1.165, 1.54) is 0 Å². The van der Waals surface area contributed by atoms with Gasteiger partial charge in [0.05, 0.1) is 13.0 Å². The van der Waals surface area contributed by atoms with Crippen LogP contribution in [0.15, 0.2) is 24.3 Å². The normalized spacial score (nSPS) is 11.9. The molecule has 0 aromatic heterocycles. The topological polar surface area (TPSA) is 43.4 Å². The Balaban J connectivity index is 2.86. The van der Waals surface area contributed by atoms with E-state index in [4.69, 9.17) is 4.74 Å². The third-order valence-corrected chi connectivity index (χ3v) is 2.32. The zero-order valence-corrected chi connectivity index (χ0v) is 8.90. The highest BCUT2D eigenvalue weighted by atomic mass is 16.5. The second kappa shape index (κ2) is 5.29. The molecule has 0 aliphatic carbocycles. The summed E-state index contributed by atoms with van der Waals surface area (Å²) in [4.78, 5) is 22.4. The summed E-state index contributed by atoms with van der Waals surface area (Å²) in [6, 6.07) is 6.77. The lowest BCUT2D eigenvalue weighted by molar-refractivity contribution is -0.109. The molecule has 0 heterocycles. The monoisotopic (exact) mass is 206 g/mol. The third-order valence-electron chi connectivity index (χ3n) is 2.32. The van der Waals surface area contributed by atoms with Gasteiger partial charge in [0, 0.05) is 5.56 Å². The van der Waals surface area contributed by atoms with Crippen LogP contribution in [0.1, 0.15) is 23.7 Å². The first-order valence-corrected chi connectivity index (χ1v) is 4.86. The van der Waals surface area contributed by atoms with Gasteiger partial charge in [-0.05, 0) is 30.7 Å². The summed E-state index contributed by atoms with van der Waals surface area (Å²) in [5.41, 5.74) is 0.551. The Morgan fingerprint density at radius 2 is 2.00 bits per heavy atom. The number of benzene rings is 1. The molecule has 0 amide bonds. The maximum atomic E-state index is 11.7. The second-order valence-electron chi connectivity index (χ2n) is 3.24. The van der Waals surface area contributed by atoms with Gasteiger partial charge < -0.3 is 9.53 Å². The van der Waals surface area contributed by atoms with E-state index in [1.54, 1.807) is 31.4 Å². The molecule has 0 fully saturated rings. The van der Waals surface area contributed by atoms with Crippen molar-refractivity contribution < 1.29 is 14.3 Å². The molecule has 3 heteroatoms. The number of ether oxygens (including phenoxy) is 1. The maximum absolute atomic E-state index is 11.7. The van der Waals surface area contributed by atoms with Crippen molar-refractivity contribution in [2.75, 3.05) is 7.11 Å². The molecular formula is C12H14O3. The standard InChI is InChI=1S/C12H14O3/c1-3-9(8-13)12(14)10-4-6-11(15-2)7-5-10/h4-9H,3H2,1-2H3. The van der Waals surface area contributed by atoms with Crippen molar-refractivity contribution in [2.45, 2.75) is 13.3 Å². The van der Waals surface area contributed by atoms with Crippen LogP contribution in [-0.4, -0.2) is 19.2 Å². The number of hydrogen-bond donors (Lipinski definition) is 0. The van der Waals surface area contributed by atoms with Crippen LogP contribution in [0.4, 0.5) is 0 Å². The molecular weight excluding hydrogens is 192 g/mol. The van der Waals surface area contributed by atoms with Crippen LogP contribution in [0.2, 0.25) is 0 Å². The van der Waals surface area contributed by atoms with Crippen LogP contribution < -0.4 is 4.74 Å². The Morgan fingerprint density at radius 3 is 2.40 bits per heavy atom. The predicted octanol–water partition coefficient (Wildman–Crippen LogP) is 2.10. The molecule has 0 saturated carbocycles. The quantitative estimate of drug-likeness (QED) is 0.421. The molecule has 1 aromatic carbocycles. The molecule has 0 N–H and O–H groups in total. The van der Waals surface area contributed by atoms with Crippen LogP contribution in [0.5, 0.6) is 5.75 Å². The Labute approximate surface area is 89.1 Å². The van der Waals surface area contributed by atoms with Crippen LogP contribution in [-0.2, 0) is 4.79 Å². The van der Waals surface area contributed by atoms with Crippen molar-refractivity contribution in [1.29, 1.82) is 0 Å². The summed E-state index contributed by atoms with van der Waals surface area (Å²) in [5, 5.41) is 0. The average molecular weight is 206 g/mol. The van der Waals surface area contributed by atoms with Crippen molar-refractivity contribution in [3.8, 4) is 5.75 Å². The van der Waals surface area contributed by atoms with Gasteiger partial charge in [0.2, 0.25) is 0 Å². The molecule has 15 heavy (non-hydrogen) atoms. The lowest BCUT2D eigenvalue weighted by atomic mass is 9.97. The van der Waals surface area contributed by atoms with Gasteiger partial charge in [0.15, 0.2) is 5.78 Å². The molecule has 0 radical (unpaired) electrons. The lowest BCUT2D eigenvalue weighted by Crippen LogP contribution is -2.15. The first kappa shape index (κ1) is 11.4. The highest BCUT2D eigenvalue weighted by Gasteiger charge is 2.16. The first-order chi connectivity index (χ1) is 7.22. The van der Waals surface area contributed by atoms with Gasteiger partial charge in [-0.25, -0.2) is 0 Å². The minimum absolute atomic E-state index is 0.129. The van der Waals surface area contributed by atoms with Crippen molar-refractivity contribution in [3.05, 3.63) is 29.8 Å². The number of rotatable bonds is 5. The van der Waals surface area contributed by atoms with Gasteiger partial charge in [-0.1, -0.05) is 6.92 Å². The number of methoxy groups -OCH3 is 1. The number of carbonyl (C=O) groups is 2. The summed E-state index contributed by atoms with van der Waals surface area (Å²) in [6.45, 7) is 1.82. The summed E-state index contributed by atoms with van der Waals surface area (Å²) in [5.74, 6) is 0.0410. The van der Waals surface area contributed by atoms with E-state index in [-0.39, 0.29) is 5.78 Å². The third kappa shape index (κ3) is 2.65. The smallest absolute Gasteiger partial charge is 0.173 e. The number of carbonyl (C=O) groups excluding carboxylic acids is 2. The van der Waals surface area contributed by atoms with Crippen LogP contribution in [0.3, 0.4) is 0 Å². The fourth-order valence-electron chi connectivity index (χ4n) is 1.31. The minimum atomic E-state index is -0.529. The largest absolute Gasteiger partial charge is 0.497 e. The Kier molecular flexibility index (Phi) is 4.03. The highest BCUT2D eigenvalue weighted by Crippen LogP contribution is 2.15. The van der Waals surface area contributed by atoms with Gasteiger partial charge in [0.25, 0.3) is 0 Å². The molecule has 0 bridgehead atoms. The van der Waals surface area contributed by atoms with Crippen molar-refractivity contribution in [1.82, 2.24) is 0 Å². The van der Waals surface area contributed by atoms with E-state index in [2.05, 4.69) is 0 Å². The van der Waals surface area contributed by atoms with Gasteiger partial charge in [-0.3, -0.25) is 4.79 Å². The molecule has 0 saturated heterocycles. The van der Waals surface area contributed by atoms with E-state index in [9.17, 15) is 9.59 Å². The van der Waals surface area contributed by atoms with Crippen LogP contribution >= 0.6 is 0 Å². The Bertz CT molecular complexity index is 340. The number of Topliss-reactive ketones (excluding diaryl/α,β-unsaturated/α-hetero) is 1. The molecule has 0 aliphatic heterocycles. The van der Waals surface area contributed by atoms with E-state index in [0.717, 1.165) is 0 Å². The number of aldehydes is 1. The summed E-state index contributed by atoms with van der Waals surface area (Å²) < 4.78 is 4.98. The molecule has 3 nitrogen and oxygen atoms in total. The Morgan fingerprint density at radius 1 is 1.40 bits per heavy atom. The van der Waals surface area contributed by atoms with Gasteiger partial charge >= 0.3 is 0 Å². The molecule has 1 atom stereocenters. The second-order valence-corrected chi connectivity index (χ2v) is 3.24. The summed E-state index contributed by atoms with van der Waals surface area (Å²) >= 11 is 0. The highest BCUT2D eigenvalue weighted by molar-refractivity contribution is 6.05. The lowest BCUT2D eigenvalue weighted by Gasteiger charge is -2.06. The Hall–Kier alpha value is -1.64. The number of ketones is 1. The fourth-order valence-corrected chi connectivity index (χ4v) is 1.31. The number of hydrogen-bond acceptors (Lipinski definition) is 3. The van der Waals surface area contributed by atoms with Gasteiger partial charge in [-0.2, -0.15) is 0 Å². The molecule has 80 valence electrons. The SMILES string of the molecule is CCC(C=O)C(=O)c1ccc(OC)cc1. The maximum Gasteiger partial charge on any atom is 0.173 e. The van der Waals surface area contributed by atoms with E-state index < -0.39 is 5.92 Å². The van der Waals surface area contributed by atoms with Crippen LogP contribution in [0.25, 0.3) is 0 Å². The molecule has 1 unspecified atom stereocenters. The fraction of sp³-hybridized carbons (Fsp3) is 0.333.